The Balaban J connectivity index is 1.86. The highest BCUT2D eigenvalue weighted by molar-refractivity contribution is 6.30. The molecule has 5 heteroatoms. The highest BCUT2D eigenvalue weighted by Gasteiger charge is 2.08. The summed E-state index contributed by atoms with van der Waals surface area (Å²) >= 11 is 5.85. The van der Waals surface area contributed by atoms with Gasteiger partial charge in [0.2, 0.25) is 5.91 Å². The summed E-state index contributed by atoms with van der Waals surface area (Å²) in [5, 5.41) is 6.35. The molecule has 0 aromatic heterocycles. The number of amides is 1. The lowest BCUT2D eigenvalue weighted by Gasteiger charge is -2.14. The van der Waals surface area contributed by atoms with Crippen molar-refractivity contribution in [2.75, 3.05) is 11.9 Å². The maximum absolute atomic E-state index is 13.1. The van der Waals surface area contributed by atoms with Crippen molar-refractivity contribution in [2.24, 2.45) is 0 Å². The molecule has 0 bridgehead atoms. The van der Waals surface area contributed by atoms with Gasteiger partial charge >= 0.3 is 0 Å². The second-order valence-corrected chi connectivity index (χ2v) is 5.15. The van der Waals surface area contributed by atoms with Crippen LogP contribution in [0.4, 0.5) is 10.1 Å². The average molecular weight is 307 g/mol. The normalized spacial score (nSPS) is 12.0. The van der Waals surface area contributed by atoms with E-state index in [9.17, 15) is 9.18 Å². The molecule has 0 saturated carbocycles. The molecule has 0 radical (unpaired) electrons. The Kier molecular flexibility index (Phi) is 5.31. The van der Waals surface area contributed by atoms with Crippen LogP contribution in [0.5, 0.6) is 0 Å². The Morgan fingerprint density at radius 3 is 2.71 bits per heavy atom. The van der Waals surface area contributed by atoms with Gasteiger partial charge in [-0.05, 0) is 42.8 Å². The predicted octanol–water partition coefficient (Wildman–Crippen LogP) is 3.77. The fourth-order valence-corrected chi connectivity index (χ4v) is 2.10. The van der Waals surface area contributed by atoms with Crippen LogP contribution in [0.1, 0.15) is 18.5 Å². The first-order valence-corrected chi connectivity index (χ1v) is 6.96. The van der Waals surface area contributed by atoms with Crippen molar-refractivity contribution in [3.63, 3.8) is 0 Å². The van der Waals surface area contributed by atoms with Crippen molar-refractivity contribution in [3.05, 3.63) is 64.9 Å². The van der Waals surface area contributed by atoms with E-state index in [0.717, 1.165) is 5.56 Å². The number of nitrogens with one attached hydrogen (secondary N) is 2. The van der Waals surface area contributed by atoms with E-state index in [2.05, 4.69) is 10.6 Å². The van der Waals surface area contributed by atoms with Crippen molar-refractivity contribution in [2.45, 2.75) is 13.0 Å². The minimum Gasteiger partial charge on any atom is -0.325 e. The molecule has 2 aromatic rings. The van der Waals surface area contributed by atoms with E-state index in [1.165, 1.54) is 12.1 Å². The summed E-state index contributed by atoms with van der Waals surface area (Å²) in [5.74, 6) is -0.468. The number of hydrogen-bond acceptors (Lipinski definition) is 2. The molecule has 0 fully saturated rings. The molecule has 0 saturated heterocycles. The van der Waals surface area contributed by atoms with Gasteiger partial charge in [0.1, 0.15) is 5.82 Å². The Morgan fingerprint density at radius 1 is 1.24 bits per heavy atom. The Morgan fingerprint density at radius 2 is 2.00 bits per heavy atom. The quantitative estimate of drug-likeness (QED) is 0.883. The maximum atomic E-state index is 13.1. The zero-order chi connectivity index (χ0) is 15.2. The van der Waals surface area contributed by atoms with Crippen molar-refractivity contribution in [1.82, 2.24) is 5.32 Å². The zero-order valence-electron chi connectivity index (χ0n) is 11.6. The average Bonchev–Trinajstić information content (AvgIpc) is 2.45. The van der Waals surface area contributed by atoms with Crippen LogP contribution in [-0.2, 0) is 4.79 Å². The monoisotopic (exact) mass is 306 g/mol. The molecule has 0 spiro atoms. The van der Waals surface area contributed by atoms with Gasteiger partial charge in [0.15, 0.2) is 0 Å². The minimum atomic E-state index is -0.287. The van der Waals surface area contributed by atoms with Crippen molar-refractivity contribution >= 4 is 23.2 Å². The lowest BCUT2D eigenvalue weighted by molar-refractivity contribution is -0.115. The third-order valence-corrected chi connectivity index (χ3v) is 3.26. The number of anilines is 1. The van der Waals surface area contributed by atoms with Crippen LogP contribution in [0.2, 0.25) is 5.02 Å². The number of carbonyl (C=O) groups excluding carboxylic acids is 1. The van der Waals surface area contributed by atoms with Crippen LogP contribution < -0.4 is 10.6 Å². The Bertz CT molecular complexity index is 633. The minimum absolute atomic E-state index is 0.120. The number of benzene rings is 2. The number of rotatable bonds is 5. The number of hydrogen-bond donors (Lipinski definition) is 2. The molecule has 2 rings (SSSR count). The predicted molar refractivity (Wildman–Crippen MR) is 82.9 cm³/mol. The molecule has 0 aliphatic rings. The van der Waals surface area contributed by atoms with Gasteiger partial charge in [-0.25, -0.2) is 4.39 Å². The molecule has 3 nitrogen and oxygen atoms in total. The topological polar surface area (TPSA) is 41.1 Å². The SMILES string of the molecule is C[C@H](NCC(=O)Nc1cccc(Cl)c1)c1cccc(F)c1. The zero-order valence-corrected chi connectivity index (χ0v) is 12.3. The van der Waals surface area contributed by atoms with Gasteiger partial charge < -0.3 is 10.6 Å². The summed E-state index contributed by atoms with van der Waals surface area (Å²) in [4.78, 5) is 11.8. The van der Waals surface area contributed by atoms with Crippen LogP contribution in [0, 0.1) is 5.82 Å². The molecule has 1 amide bonds. The van der Waals surface area contributed by atoms with E-state index in [1.807, 2.05) is 13.0 Å². The van der Waals surface area contributed by atoms with Gasteiger partial charge in [-0.15, -0.1) is 0 Å². The summed E-state index contributed by atoms with van der Waals surface area (Å²) in [6.07, 6.45) is 0. The van der Waals surface area contributed by atoms with E-state index in [4.69, 9.17) is 11.6 Å². The van der Waals surface area contributed by atoms with E-state index in [0.29, 0.717) is 10.7 Å². The molecule has 21 heavy (non-hydrogen) atoms. The molecule has 0 unspecified atom stereocenters. The molecule has 1 atom stereocenters. The fraction of sp³-hybridized carbons (Fsp3) is 0.188. The van der Waals surface area contributed by atoms with Crippen molar-refractivity contribution in [1.29, 1.82) is 0 Å². The molecule has 110 valence electrons. The Labute approximate surface area is 128 Å². The van der Waals surface area contributed by atoms with Crippen LogP contribution in [0.15, 0.2) is 48.5 Å². The first kappa shape index (κ1) is 15.5. The van der Waals surface area contributed by atoms with Crippen LogP contribution in [0.3, 0.4) is 0 Å². The summed E-state index contributed by atoms with van der Waals surface area (Å²) < 4.78 is 13.1. The lowest BCUT2D eigenvalue weighted by Crippen LogP contribution is -2.30. The highest BCUT2D eigenvalue weighted by Crippen LogP contribution is 2.15. The fourth-order valence-electron chi connectivity index (χ4n) is 1.91. The van der Waals surface area contributed by atoms with Crippen LogP contribution >= 0.6 is 11.6 Å². The van der Waals surface area contributed by atoms with E-state index >= 15 is 0 Å². The Hall–Kier alpha value is -1.91. The highest BCUT2D eigenvalue weighted by atomic mass is 35.5. The van der Waals surface area contributed by atoms with Gasteiger partial charge in [0.25, 0.3) is 0 Å². The molecule has 2 N–H and O–H groups in total. The number of halogens is 2. The van der Waals surface area contributed by atoms with E-state index < -0.39 is 0 Å². The third kappa shape index (κ3) is 4.85. The van der Waals surface area contributed by atoms with Gasteiger partial charge in [-0.3, -0.25) is 4.79 Å². The molecule has 0 heterocycles. The van der Waals surface area contributed by atoms with Crippen LogP contribution in [0.25, 0.3) is 0 Å². The molecule has 0 aliphatic heterocycles. The second-order valence-electron chi connectivity index (χ2n) is 4.72. The summed E-state index contributed by atoms with van der Waals surface area (Å²) in [6.45, 7) is 2.01. The van der Waals surface area contributed by atoms with Gasteiger partial charge in [-0.1, -0.05) is 29.8 Å². The smallest absolute Gasteiger partial charge is 0.238 e. The summed E-state index contributed by atoms with van der Waals surface area (Å²) in [7, 11) is 0. The molecule has 0 aliphatic carbocycles. The summed E-state index contributed by atoms with van der Waals surface area (Å²) in [5.41, 5.74) is 1.44. The van der Waals surface area contributed by atoms with Gasteiger partial charge in [-0.2, -0.15) is 0 Å². The third-order valence-electron chi connectivity index (χ3n) is 3.03. The van der Waals surface area contributed by atoms with Gasteiger partial charge in [0, 0.05) is 16.8 Å². The number of carbonyl (C=O) groups is 1. The van der Waals surface area contributed by atoms with E-state index in [1.54, 1.807) is 30.3 Å². The lowest BCUT2D eigenvalue weighted by atomic mass is 10.1. The maximum Gasteiger partial charge on any atom is 0.238 e. The molecular weight excluding hydrogens is 291 g/mol. The van der Waals surface area contributed by atoms with Gasteiger partial charge in [0.05, 0.1) is 6.54 Å². The largest absolute Gasteiger partial charge is 0.325 e. The van der Waals surface area contributed by atoms with Crippen molar-refractivity contribution < 1.29 is 9.18 Å². The van der Waals surface area contributed by atoms with Crippen molar-refractivity contribution in [3.8, 4) is 0 Å². The standard InChI is InChI=1S/C16H16ClFN2O/c1-11(12-4-2-6-14(18)8-12)19-10-16(21)20-15-7-3-5-13(17)9-15/h2-9,11,19H,10H2,1H3,(H,20,21)/t11-/m0/s1. The first-order chi connectivity index (χ1) is 10.0. The molecular formula is C16H16ClFN2O. The summed E-state index contributed by atoms with van der Waals surface area (Å²) in [6, 6.07) is 13.1. The molecule has 2 aromatic carbocycles. The second kappa shape index (κ2) is 7.20. The first-order valence-electron chi connectivity index (χ1n) is 6.59. The van der Waals surface area contributed by atoms with Crippen LogP contribution in [-0.4, -0.2) is 12.5 Å². The van der Waals surface area contributed by atoms with E-state index in [-0.39, 0.29) is 24.3 Å².